The summed E-state index contributed by atoms with van der Waals surface area (Å²) in [6.07, 6.45) is 1.64. The van der Waals surface area contributed by atoms with Crippen molar-refractivity contribution >= 4 is 49.5 Å². The molecule has 1 saturated heterocycles. The predicted molar refractivity (Wildman–Crippen MR) is 134 cm³/mol. The van der Waals surface area contributed by atoms with Gasteiger partial charge in [-0.3, -0.25) is 0 Å². The third-order valence-corrected chi connectivity index (χ3v) is 8.99. The summed E-state index contributed by atoms with van der Waals surface area (Å²) in [6, 6.07) is 9.31. The molecular formula is C24H26FIN2O4S. The van der Waals surface area contributed by atoms with Gasteiger partial charge in [0.1, 0.15) is 5.82 Å². The number of benzene rings is 2. The van der Waals surface area contributed by atoms with Crippen LogP contribution >= 0.6 is 22.6 Å². The second kappa shape index (κ2) is 9.34. The summed E-state index contributed by atoms with van der Waals surface area (Å²) in [4.78, 5) is 15.1. The van der Waals surface area contributed by atoms with E-state index in [9.17, 15) is 13.2 Å². The second-order valence-electron chi connectivity index (χ2n) is 8.43. The largest absolute Gasteiger partial charge is 0.461 e. The van der Waals surface area contributed by atoms with Crippen molar-refractivity contribution < 1.29 is 22.3 Å². The fraction of sp³-hybridized carbons (Fsp3) is 0.375. The van der Waals surface area contributed by atoms with Crippen LogP contribution in [0.4, 0.5) is 4.39 Å². The Balaban J connectivity index is 1.96. The lowest BCUT2D eigenvalue weighted by molar-refractivity contribution is 0.0517. The maximum atomic E-state index is 15.4. The number of piperidine rings is 1. The summed E-state index contributed by atoms with van der Waals surface area (Å²) >= 11 is 1.96. The summed E-state index contributed by atoms with van der Waals surface area (Å²) in [5.41, 5.74) is 1.50. The first kappa shape index (κ1) is 24.2. The summed E-state index contributed by atoms with van der Waals surface area (Å²) in [6.45, 7) is 5.35. The molecule has 0 bridgehead atoms. The highest BCUT2D eigenvalue weighted by atomic mass is 127. The quantitative estimate of drug-likeness (QED) is 0.315. The van der Waals surface area contributed by atoms with Gasteiger partial charge in [0, 0.05) is 5.39 Å². The molecule has 0 spiro atoms. The molecule has 2 aromatic carbocycles. The highest BCUT2D eigenvalue weighted by Crippen LogP contribution is 2.37. The van der Waals surface area contributed by atoms with Gasteiger partial charge >= 0.3 is 5.97 Å². The number of carbonyl (C=O) groups excluding carboxylic acids is 1. The van der Waals surface area contributed by atoms with E-state index < -0.39 is 21.8 Å². The molecule has 176 valence electrons. The van der Waals surface area contributed by atoms with E-state index in [0.29, 0.717) is 14.5 Å². The van der Waals surface area contributed by atoms with Gasteiger partial charge in [-0.2, -0.15) is 0 Å². The van der Waals surface area contributed by atoms with Crippen LogP contribution in [0.5, 0.6) is 0 Å². The first-order valence-electron chi connectivity index (χ1n) is 10.9. The third-order valence-electron chi connectivity index (χ3n) is 6.17. The Hall–Kier alpha value is -1.98. The lowest BCUT2D eigenvalue weighted by atomic mass is 9.88. The van der Waals surface area contributed by atoms with E-state index in [4.69, 9.17) is 4.74 Å². The number of carbonyl (C=O) groups is 1. The van der Waals surface area contributed by atoms with Crippen molar-refractivity contribution in [2.75, 3.05) is 26.7 Å². The fourth-order valence-corrected chi connectivity index (χ4v) is 6.89. The van der Waals surface area contributed by atoms with Crippen LogP contribution in [-0.2, 0) is 14.8 Å². The number of likely N-dealkylation sites (tertiary alicyclic amines) is 1. The first-order chi connectivity index (χ1) is 15.6. The number of fused-ring (bicyclic) bond motifs is 1. The Bertz CT molecular complexity index is 1310. The van der Waals surface area contributed by atoms with E-state index in [0.717, 1.165) is 35.5 Å². The lowest BCUT2D eigenvalue weighted by Crippen LogP contribution is -2.29. The molecule has 0 saturated carbocycles. The van der Waals surface area contributed by atoms with Gasteiger partial charge in [-0.15, -0.1) is 0 Å². The van der Waals surface area contributed by atoms with Crippen molar-refractivity contribution in [3.8, 4) is 0 Å². The Morgan fingerprint density at radius 3 is 2.42 bits per heavy atom. The van der Waals surface area contributed by atoms with E-state index >= 15 is 4.39 Å². The monoisotopic (exact) mass is 584 g/mol. The smallest absolute Gasteiger partial charge is 0.357 e. The molecule has 1 aliphatic heterocycles. The lowest BCUT2D eigenvalue weighted by Gasteiger charge is -2.29. The molecule has 0 aliphatic carbocycles. The second-order valence-corrected chi connectivity index (χ2v) is 11.3. The maximum absolute atomic E-state index is 15.4. The molecule has 2 heterocycles. The number of hydrogen-bond donors (Lipinski definition) is 0. The topological polar surface area (TPSA) is 68.6 Å². The van der Waals surface area contributed by atoms with Crippen LogP contribution in [0.25, 0.3) is 10.9 Å². The van der Waals surface area contributed by atoms with Crippen LogP contribution in [0.2, 0.25) is 0 Å². The van der Waals surface area contributed by atoms with Gasteiger partial charge in [0.2, 0.25) is 0 Å². The fourth-order valence-electron chi connectivity index (χ4n) is 4.33. The third kappa shape index (κ3) is 4.42. The molecule has 1 fully saturated rings. The van der Waals surface area contributed by atoms with Crippen molar-refractivity contribution in [1.29, 1.82) is 0 Å². The maximum Gasteiger partial charge on any atom is 0.357 e. The Labute approximate surface area is 206 Å². The van der Waals surface area contributed by atoms with E-state index in [1.807, 2.05) is 36.6 Å². The number of hydrogen-bond acceptors (Lipinski definition) is 5. The summed E-state index contributed by atoms with van der Waals surface area (Å²) < 4.78 is 49.3. The minimum atomic E-state index is -4.18. The van der Waals surface area contributed by atoms with Gasteiger partial charge in [-0.25, -0.2) is 21.6 Å². The van der Waals surface area contributed by atoms with Crippen LogP contribution in [0.1, 0.15) is 47.3 Å². The average molecular weight is 584 g/mol. The van der Waals surface area contributed by atoms with Gasteiger partial charge in [-0.1, -0.05) is 17.7 Å². The number of ether oxygens (including phenoxy) is 1. The Morgan fingerprint density at radius 2 is 1.82 bits per heavy atom. The van der Waals surface area contributed by atoms with Crippen molar-refractivity contribution in [1.82, 2.24) is 8.87 Å². The van der Waals surface area contributed by atoms with Gasteiger partial charge in [-0.05, 0) is 105 Å². The first-order valence-corrected chi connectivity index (χ1v) is 13.4. The number of aryl methyl sites for hydroxylation is 1. The molecule has 0 atom stereocenters. The van der Waals surface area contributed by atoms with Crippen LogP contribution in [-0.4, -0.2) is 50.0 Å². The molecule has 3 aromatic rings. The summed E-state index contributed by atoms with van der Waals surface area (Å²) in [5, 5.41) is 0.532. The zero-order valence-electron chi connectivity index (χ0n) is 18.8. The predicted octanol–water partition coefficient (Wildman–Crippen LogP) is 4.92. The van der Waals surface area contributed by atoms with Crippen LogP contribution in [0.15, 0.2) is 41.3 Å². The zero-order valence-corrected chi connectivity index (χ0v) is 21.7. The Kier molecular flexibility index (Phi) is 6.84. The molecule has 33 heavy (non-hydrogen) atoms. The molecule has 1 aliphatic rings. The molecule has 6 nitrogen and oxygen atoms in total. The van der Waals surface area contributed by atoms with Crippen molar-refractivity contribution in [2.24, 2.45) is 0 Å². The van der Waals surface area contributed by atoms with Crippen molar-refractivity contribution in [3.05, 3.63) is 62.6 Å². The minimum absolute atomic E-state index is 0.0201. The van der Waals surface area contributed by atoms with E-state index in [-0.39, 0.29) is 28.6 Å². The number of nitrogens with zero attached hydrogens (tertiary/aromatic N) is 2. The van der Waals surface area contributed by atoms with E-state index in [1.165, 1.54) is 18.2 Å². The highest BCUT2D eigenvalue weighted by molar-refractivity contribution is 14.1. The van der Waals surface area contributed by atoms with Gasteiger partial charge < -0.3 is 9.64 Å². The van der Waals surface area contributed by atoms with Crippen molar-refractivity contribution in [3.63, 3.8) is 0 Å². The summed E-state index contributed by atoms with van der Waals surface area (Å²) in [5.74, 6) is -1.17. The van der Waals surface area contributed by atoms with Gasteiger partial charge in [0.15, 0.2) is 5.69 Å². The molecule has 0 N–H and O–H groups in total. The average Bonchev–Trinajstić information content (AvgIpc) is 3.06. The van der Waals surface area contributed by atoms with Crippen LogP contribution in [0, 0.1) is 16.3 Å². The standard InChI is InChI=1S/C24H26FIN2O4S/c1-4-32-24(29)23-22(26)19-13-18(16-9-11-27(3)12-10-16)20(25)14-21(19)28(23)33(30,31)17-7-5-15(2)6-8-17/h5-8,13-14,16H,4,9-12H2,1-3H3. The molecule has 4 rings (SSSR count). The van der Waals surface area contributed by atoms with Crippen molar-refractivity contribution in [2.45, 2.75) is 37.5 Å². The zero-order chi connectivity index (χ0) is 23.9. The SMILES string of the molecule is CCOC(=O)c1c(I)c2cc(C3CCN(C)CC3)c(F)cc2n1S(=O)(=O)c1ccc(C)cc1. The molecular weight excluding hydrogens is 558 g/mol. The Morgan fingerprint density at radius 1 is 1.18 bits per heavy atom. The minimum Gasteiger partial charge on any atom is -0.461 e. The normalized spacial score (nSPS) is 15.8. The van der Waals surface area contributed by atoms with Crippen LogP contribution in [0.3, 0.4) is 0 Å². The molecule has 1 aromatic heterocycles. The van der Waals surface area contributed by atoms with Gasteiger partial charge in [0.05, 0.1) is 20.6 Å². The summed E-state index contributed by atoms with van der Waals surface area (Å²) in [7, 11) is -2.14. The molecule has 0 radical (unpaired) electrons. The number of esters is 1. The molecule has 0 unspecified atom stereocenters. The highest BCUT2D eigenvalue weighted by Gasteiger charge is 2.32. The van der Waals surface area contributed by atoms with E-state index in [2.05, 4.69) is 4.90 Å². The number of rotatable bonds is 5. The number of halogens is 2. The van der Waals surface area contributed by atoms with Gasteiger partial charge in [0.25, 0.3) is 10.0 Å². The molecule has 9 heteroatoms. The number of aromatic nitrogens is 1. The van der Waals surface area contributed by atoms with Crippen LogP contribution < -0.4 is 0 Å². The van der Waals surface area contributed by atoms with E-state index in [1.54, 1.807) is 25.1 Å². The molecule has 0 amide bonds.